The molecular formula is C9H21BO2S. The van der Waals surface area contributed by atoms with Crippen LogP contribution in [-0.2, 0) is 4.65 Å². The minimum Gasteiger partial charge on any atom is -0.427 e. The molecular weight excluding hydrogens is 183 g/mol. The molecule has 0 saturated heterocycles. The van der Waals surface area contributed by atoms with Gasteiger partial charge in [-0.05, 0) is 24.5 Å². The smallest absolute Gasteiger partial charge is 0.427 e. The molecule has 78 valence electrons. The standard InChI is InChI=1S/C9H21BO2S/c1-8(2)9(3,6-5-7-13)10(11)12-4/h8,11,13H,5-7H2,1-4H3. The van der Waals surface area contributed by atoms with Gasteiger partial charge >= 0.3 is 7.12 Å². The topological polar surface area (TPSA) is 29.5 Å². The molecule has 0 aliphatic heterocycles. The SMILES string of the molecule is COB(O)C(C)(CCCS)C(C)C. The van der Waals surface area contributed by atoms with Gasteiger partial charge in [0.1, 0.15) is 0 Å². The van der Waals surface area contributed by atoms with Crippen molar-refractivity contribution in [3.8, 4) is 0 Å². The van der Waals surface area contributed by atoms with Crippen LogP contribution >= 0.6 is 12.6 Å². The summed E-state index contributed by atoms with van der Waals surface area (Å²) in [6.07, 6.45) is 1.96. The van der Waals surface area contributed by atoms with Crippen LogP contribution in [0.1, 0.15) is 33.6 Å². The van der Waals surface area contributed by atoms with Gasteiger partial charge in [0.2, 0.25) is 0 Å². The molecule has 1 atom stereocenters. The van der Waals surface area contributed by atoms with Crippen molar-refractivity contribution in [2.45, 2.75) is 38.9 Å². The zero-order valence-electron chi connectivity index (χ0n) is 9.08. The lowest BCUT2D eigenvalue weighted by Gasteiger charge is -2.34. The maximum atomic E-state index is 9.73. The molecule has 0 rings (SSSR count). The Morgan fingerprint density at radius 3 is 2.38 bits per heavy atom. The van der Waals surface area contributed by atoms with Crippen molar-refractivity contribution >= 4 is 19.7 Å². The summed E-state index contributed by atoms with van der Waals surface area (Å²) in [5.74, 6) is 1.26. The molecule has 0 aromatic carbocycles. The average molecular weight is 204 g/mol. The van der Waals surface area contributed by atoms with Gasteiger partial charge in [0.15, 0.2) is 0 Å². The monoisotopic (exact) mass is 204 g/mol. The summed E-state index contributed by atoms with van der Waals surface area (Å²) < 4.78 is 5.00. The van der Waals surface area contributed by atoms with Gasteiger partial charge in [-0.25, -0.2) is 0 Å². The lowest BCUT2D eigenvalue weighted by Crippen LogP contribution is -2.36. The van der Waals surface area contributed by atoms with Crippen molar-refractivity contribution in [3.63, 3.8) is 0 Å². The third kappa shape index (κ3) is 3.52. The van der Waals surface area contributed by atoms with E-state index in [0.717, 1.165) is 18.6 Å². The van der Waals surface area contributed by atoms with E-state index in [1.54, 1.807) is 7.11 Å². The summed E-state index contributed by atoms with van der Waals surface area (Å²) in [4.78, 5) is 0. The van der Waals surface area contributed by atoms with Crippen LogP contribution in [0.25, 0.3) is 0 Å². The molecule has 2 nitrogen and oxygen atoms in total. The first-order chi connectivity index (χ1) is 5.99. The molecule has 1 unspecified atom stereocenters. The Bertz CT molecular complexity index is 144. The van der Waals surface area contributed by atoms with Crippen LogP contribution in [0, 0.1) is 5.92 Å². The van der Waals surface area contributed by atoms with E-state index < -0.39 is 7.12 Å². The second-order valence-electron chi connectivity index (χ2n) is 4.08. The fraction of sp³-hybridized carbons (Fsp3) is 1.00. The molecule has 1 N–H and O–H groups in total. The molecule has 0 radical (unpaired) electrons. The van der Waals surface area contributed by atoms with Crippen LogP contribution < -0.4 is 0 Å². The first kappa shape index (κ1) is 13.3. The van der Waals surface area contributed by atoms with Crippen molar-refractivity contribution in [2.24, 2.45) is 5.92 Å². The van der Waals surface area contributed by atoms with Crippen molar-refractivity contribution < 1.29 is 9.68 Å². The third-order valence-electron chi connectivity index (χ3n) is 2.98. The summed E-state index contributed by atoms with van der Waals surface area (Å²) in [6.45, 7) is 6.29. The normalized spacial score (nSPS) is 15.9. The first-order valence-corrected chi connectivity index (χ1v) is 5.44. The van der Waals surface area contributed by atoms with Gasteiger partial charge in [-0.1, -0.05) is 20.8 Å². The summed E-state index contributed by atoms with van der Waals surface area (Å²) in [6, 6.07) is 0. The lowest BCUT2D eigenvalue weighted by atomic mass is 9.51. The fourth-order valence-electron chi connectivity index (χ4n) is 1.43. The largest absolute Gasteiger partial charge is 0.460 e. The Balaban J connectivity index is 4.33. The van der Waals surface area contributed by atoms with E-state index in [4.69, 9.17) is 4.65 Å². The van der Waals surface area contributed by atoms with Crippen molar-refractivity contribution in [3.05, 3.63) is 0 Å². The van der Waals surface area contributed by atoms with Crippen molar-refractivity contribution in [2.75, 3.05) is 12.9 Å². The van der Waals surface area contributed by atoms with Crippen LogP contribution in [-0.4, -0.2) is 25.0 Å². The van der Waals surface area contributed by atoms with E-state index in [9.17, 15) is 5.02 Å². The van der Waals surface area contributed by atoms with Crippen LogP contribution in [0.15, 0.2) is 0 Å². The van der Waals surface area contributed by atoms with E-state index in [2.05, 4.69) is 33.4 Å². The maximum absolute atomic E-state index is 9.73. The zero-order chi connectivity index (χ0) is 10.5. The summed E-state index contributed by atoms with van der Waals surface area (Å²) >= 11 is 4.18. The van der Waals surface area contributed by atoms with Crippen LogP contribution in [0.2, 0.25) is 5.31 Å². The number of rotatable bonds is 6. The Morgan fingerprint density at radius 1 is 1.54 bits per heavy atom. The molecule has 0 aliphatic rings. The van der Waals surface area contributed by atoms with Crippen LogP contribution in [0.3, 0.4) is 0 Å². The third-order valence-corrected chi connectivity index (χ3v) is 3.30. The number of hydrogen-bond acceptors (Lipinski definition) is 3. The second-order valence-corrected chi connectivity index (χ2v) is 4.52. The first-order valence-electron chi connectivity index (χ1n) is 4.80. The second kappa shape index (κ2) is 5.94. The van der Waals surface area contributed by atoms with Gasteiger partial charge in [0, 0.05) is 12.4 Å². The summed E-state index contributed by atoms with van der Waals surface area (Å²) in [5, 5.41) is 9.57. The zero-order valence-corrected chi connectivity index (χ0v) is 9.97. The van der Waals surface area contributed by atoms with E-state index in [1.165, 1.54) is 0 Å². The predicted molar refractivity (Wildman–Crippen MR) is 61.3 cm³/mol. The summed E-state index contributed by atoms with van der Waals surface area (Å²) in [7, 11) is 0.874. The minimum absolute atomic E-state index is 0.155. The molecule has 0 aromatic rings. The highest BCUT2D eigenvalue weighted by Crippen LogP contribution is 2.42. The Hall–Kier alpha value is 0.335. The van der Waals surface area contributed by atoms with Crippen LogP contribution in [0.4, 0.5) is 0 Å². The fourth-order valence-corrected chi connectivity index (χ4v) is 1.58. The van der Waals surface area contributed by atoms with Gasteiger partial charge < -0.3 is 9.68 Å². The van der Waals surface area contributed by atoms with Crippen molar-refractivity contribution in [1.82, 2.24) is 0 Å². The minimum atomic E-state index is -0.674. The Labute approximate surface area is 87.6 Å². The Kier molecular flexibility index (Phi) is 6.09. The molecule has 0 spiro atoms. The average Bonchev–Trinajstić information content (AvgIpc) is 2.12. The van der Waals surface area contributed by atoms with Crippen molar-refractivity contribution in [1.29, 1.82) is 0 Å². The molecule has 0 saturated carbocycles. The molecule has 0 amide bonds. The van der Waals surface area contributed by atoms with Gasteiger partial charge in [-0.3, -0.25) is 0 Å². The quantitative estimate of drug-likeness (QED) is 0.513. The summed E-state index contributed by atoms with van der Waals surface area (Å²) in [5.41, 5.74) is 0. The van der Waals surface area contributed by atoms with E-state index in [0.29, 0.717) is 5.92 Å². The Morgan fingerprint density at radius 2 is 2.08 bits per heavy atom. The molecule has 4 heteroatoms. The van der Waals surface area contributed by atoms with E-state index in [-0.39, 0.29) is 5.31 Å². The van der Waals surface area contributed by atoms with Crippen LogP contribution in [0.5, 0.6) is 0 Å². The van der Waals surface area contributed by atoms with E-state index in [1.807, 2.05) is 0 Å². The highest BCUT2D eigenvalue weighted by atomic mass is 32.1. The highest BCUT2D eigenvalue weighted by Gasteiger charge is 2.40. The van der Waals surface area contributed by atoms with Gasteiger partial charge in [0.05, 0.1) is 0 Å². The molecule has 0 aliphatic carbocycles. The predicted octanol–water partition coefficient (Wildman–Crippen LogP) is 2.24. The molecule has 0 bridgehead atoms. The number of thiol groups is 1. The molecule has 0 heterocycles. The maximum Gasteiger partial charge on any atom is 0.460 e. The highest BCUT2D eigenvalue weighted by molar-refractivity contribution is 7.80. The van der Waals surface area contributed by atoms with Gasteiger partial charge in [0.25, 0.3) is 0 Å². The molecule has 0 aromatic heterocycles. The lowest BCUT2D eigenvalue weighted by molar-refractivity contribution is 0.245. The van der Waals surface area contributed by atoms with Gasteiger partial charge in [-0.15, -0.1) is 0 Å². The van der Waals surface area contributed by atoms with Gasteiger partial charge in [-0.2, -0.15) is 12.6 Å². The van der Waals surface area contributed by atoms with E-state index >= 15 is 0 Å². The molecule has 13 heavy (non-hydrogen) atoms. The number of hydrogen-bond donors (Lipinski definition) is 2. The molecule has 0 fully saturated rings.